The van der Waals surface area contributed by atoms with Crippen LogP contribution < -0.4 is 0 Å². The Morgan fingerprint density at radius 3 is 0.652 bits per heavy atom. The average Bonchev–Trinajstić information content (AvgIpc) is 3.12. The second-order valence-electron chi connectivity index (χ2n) is 16.0. The van der Waals surface area contributed by atoms with Gasteiger partial charge in [-0.15, -0.1) is 0 Å². The molecule has 46 heavy (non-hydrogen) atoms. The van der Waals surface area contributed by atoms with Gasteiger partial charge in [-0.2, -0.15) is 0 Å². The molecule has 0 aromatic heterocycles. The molecule has 6 fully saturated rings. The first-order valence-electron chi connectivity index (χ1n) is 20.4. The minimum absolute atomic E-state index is 0.346. The van der Waals surface area contributed by atoms with Gasteiger partial charge in [0.25, 0.3) is 0 Å². The molecule has 6 aliphatic rings. The van der Waals surface area contributed by atoms with Gasteiger partial charge in [-0.25, -0.2) is 0 Å². The van der Waals surface area contributed by atoms with Gasteiger partial charge in [-0.05, 0) is 130 Å². The Labute approximate surface area is 308 Å². The van der Waals surface area contributed by atoms with Crippen LogP contribution in [0.4, 0.5) is 0 Å². The van der Waals surface area contributed by atoms with Crippen molar-refractivity contribution in [3.05, 3.63) is 19.3 Å². The summed E-state index contributed by atoms with van der Waals surface area (Å²) in [5.41, 5.74) is 7.14. The molecule has 0 atom stereocenters. The summed E-state index contributed by atoms with van der Waals surface area (Å²) < 4.78 is 0. The predicted molar refractivity (Wildman–Crippen MR) is 211 cm³/mol. The number of hydrogen-bond donors (Lipinski definition) is 0. The van der Waals surface area contributed by atoms with Crippen molar-refractivity contribution >= 4 is 35.2 Å². The molecule has 0 unspecified atom stereocenters. The molecular formula is C41H75Cl2P2Ru. The van der Waals surface area contributed by atoms with Crippen LogP contribution in [0.1, 0.15) is 206 Å². The van der Waals surface area contributed by atoms with E-state index in [0.717, 1.165) is 0 Å². The van der Waals surface area contributed by atoms with E-state index in [1.807, 2.05) is 20.3 Å². The molecule has 0 heterocycles. The van der Waals surface area contributed by atoms with Crippen molar-refractivity contribution in [3.8, 4) is 0 Å². The first-order valence-corrected chi connectivity index (χ1v) is 28.0. The van der Waals surface area contributed by atoms with Crippen molar-refractivity contribution < 1.29 is 15.1 Å². The van der Waals surface area contributed by atoms with Gasteiger partial charge in [0.05, 0.1) is 0 Å². The third kappa shape index (κ3) is 16.2. The van der Waals surface area contributed by atoms with Crippen molar-refractivity contribution in [2.45, 2.75) is 240 Å². The molecular weight excluding hydrogens is 726 g/mol. The van der Waals surface area contributed by atoms with Crippen LogP contribution in [-0.2, 0) is 15.1 Å². The van der Waals surface area contributed by atoms with Crippen LogP contribution in [0.15, 0.2) is 0 Å². The topological polar surface area (TPSA) is 0 Å². The molecule has 0 bridgehead atoms. The van der Waals surface area contributed by atoms with Gasteiger partial charge in [0.1, 0.15) is 0 Å². The molecule has 5 heteroatoms. The van der Waals surface area contributed by atoms with Crippen LogP contribution in [0.2, 0.25) is 0 Å². The van der Waals surface area contributed by atoms with Crippen LogP contribution in [0.25, 0.3) is 0 Å². The van der Waals surface area contributed by atoms with Gasteiger partial charge in [0, 0.05) is 0 Å². The monoisotopic (exact) mass is 801 g/mol. The van der Waals surface area contributed by atoms with Gasteiger partial charge in [0.2, 0.25) is 0 Å². The quantitative estimate of drug-likeness (QED) is 0.178. The summed E-state index contributed by atoms with van der Waals surface area (Å²) in [5, 5.41) is 0. The molecule has 0 nitrogen and oxygen atoms in total. The van der Waals surface area contributed by atoms with Crippen LogP contribution in [0.3, 0.4) is 0 Å². The standard InChI is InChI=1S/2C18H33P.C5H9.2ClH.Ru/c2*1-4-10-16(11-5-1)19(17-12-6-2-7-13-17)18-14-8-3-9-15-18;1-4-5(2)3;;;/h2*16-18H,1-15H2;4H,1H2,2-3H3;2*1H;/q;;;;;+2/p-2. The number of halogens is 2. The van der Waals surface area contributed by atoms with Gasteiger partial charge in [0.15, 0.2) is 0 Å². The Hall–Kier alpha value is 2.06. The summed E-state index contributed by atoms with van der Waals surface area (Å²) in [4.78, 5) is 0. The van der Waals surface area contributed by atoms with Crippen molar-refractivity contribution in [3.63, 3.8) is 0 Å². The van der Waals surface area contributed by atoms with Gasteiger partial charge in [-0.1, -0.05) is 145 Å². The molecule has 0 aliphatic heterocycles. The SMILES string of the molecule is C1CCC(P(C2CCCCC2)C2CCCCC2)CC1.C1CCC(P(C2CCCCC2)C2CCCCC2)CC1.[CH2][CH][C](C)C.[Cl][Ru][Cl]. The molecule has 6 aliphatic carbocycles. The molecule has 6 saturated carbocycles. The van der Waals surface area contributed by atoms with Gasteiger partial charge < -0.3 is 0 Å². The third-order valence-corrected chi connectivity index (χ3v) is 20.5. The molecule has 0 aromatic carbocycles. The average molecular weight is 802 g/mol. The summed E-state index contributed by atoms with van der Waals surface area (Å²) >= 11 is -0.346. The maximum atomic E-state index is 4.85. The summed E-state index contributed by atoms with van der Waals surface area (Å²) in [6, 6.07) is 0. The van der Waals surface area contributed by atoms with Crippen molar-refractivity contribution in [2.24, 2.45) is 0 Å². The molecule has 271 valence electrons. The summed E-state index contributed by atoms with van der Waals surface area (Å²) in [7, 11) is 10.5. The summed E-state index contributed by atoms with van der Waals surface area (Å²) in [5.74, 6) is 1.27. The first-order chi connectivity index (χ1) is 22.6. The van der Waals surface area contributed by atoms with E-state index < -0.39 is 0 Å². The van der Waals surface area contributed by atoms with Crippen LogP contribution in [0.5, 0.6) is 0 Å². The van der Waals surface area contributed by atoms with Gasteiger partial charge in [-0.3, -0.25) is 0 Å². The Morgan fingerprint density at radius 1 is 0.413 bits per heavy atom. The fraction of sp³-hybridized carbons (Fsp3) is 0.927. The molecule has 0 spiro atoms. The van der Waals surface area contributed by atoms with E-state index in [9.17, 15) is 0 Å². The maximum absolute atomic E-state index is 4.85. The van der Waals surface area contributed by atoms with E-state index in [1.54, 1.807) is 154 Å². The summed E-state index contributed by atoms with van der Waals surface area (Å²) in [6.45, 7) is 7.56. The molecule has 0 saturated heterocycles. The van der Waals surface area contributed by atoms with Crippen LogP contribution in [-0.4, -0.2) is 34.0 Å². The van der Waals surface area contributed by atoms with Crippen molar-refractivity contribution in [1.82, 2.24) is 0 Å². The van der Waals surface area contributed by atoms with E-state index in [-0.39, 0.29) is 15.1 Å². The van der Waals surface area contributed by atoms with Crippen molar-refractivity contribution in [1.29, 1.82) is 0 Å². The van der Waals surface area contributed by atoms with Crippen LogP contribution >= 0.6 is 35.2 Å². The Bertz CT molecular complexity index is 547. The van der Waals surface area contributed by atoms with E-state index in [0.29, 0.717) is 15.8 Å². The zero-order valence-corrected chi connectivity index (χ0v) is 35.5. The first kappa shape index (κ1) is 42.5. The van der Waals surface area contributed by atoms with E-state index in [1.165, 1.54) is 78.4 Å². The van der Waals surface area contributed by atoms with E-state index in [4.69, 9.17) is 19.4 Å². The zero-order valence-electron chi connectivity index (χ0n) is 30.5. The molecule has 3 radical (unpaired) electrons. The molecule has 6 rings (SSSR count). The molecule has 0 aromatic rings. The predicted octanol–water partition coefficient (Wildman–Crippen LogP) is 15.9. The fourth-order valence-electron chi connectivity index (χ4n) is 10.1. The zero-order chi connectivity index (χ0) is 32.8. The Balaban J connectivity index is 0.000000204. The molecule has 0 N–H and O–H groups in total. The fourth-order valence-corrected chi connectivity index (χ4v) is 19.4. The van der Waals surface area contributed by atoms with E-state index >= 15 is 0 Å². The van der Waals surface area contributed by atoms with Gasteiger partial charge >= 0.3 is 34.5 Å². The van der Waals surface area contributed by atoms with Crippen LogP contribution in [0, 0.1) is 19.3 Å². The minimum atomic E-state index is -0.346. The summed E-state index contributed by atoms with van der Waals surface area (Å²) in [6.07, 6.45) is 49.1. The van der Waals surface area contributed by atoms with Crippen molar-refractivity contribution in [2.75, 3.05) is 0 Å². The number of hydrogen-bond acceptors (Lipinski definition) is 0. The van der Waals surface area contributed by atoms with E-state index in [2.05, 4.69) is 6.92 Å². The second kappa shape index (κ2) is 26.8. The third-order valence-electron chi connectivity index (χ3n) is 12.4. The molecule has 0 amide bonds. The Kier molecular flexibility index (Phi) is 24.7. The normalized spacial score (nSPS) is 25.4. The second-order valence-corrected chi connectivity index (χ2v) is 24.8. The number of rotatable bonds is 7. The Morgan fingerprint density at radius 2 is 0.543 bits per heavy atom.